The van der Waals surface area contributed by atoms with Gasteiger partial charge in [0.2, 0.25) is 5.95 Å². The van der Waals surface area contributed by atoms with E-state index in [1.807, 2.05) is 13.8 Å². The van der Waals surface area contributed by atoms with Gasteiger partial charge >= 0.3 is 0 Å². The zero-order chi connectivity index (χ0) is 23.4. The number of aryl methyl sites for hydroxylation is 1. The molecule has 0 aliphatic carbocycles. The summed E-state index contributed by atoms with van der Waals surface area (Å²) < 4.78 is 18.0. The fraction of sp³-hybridized carbons (Fsp3) is 0.217. The van der Waals surface area contributed by atoms with E-state index in [2.05, 4.69) is 20.4 Å². The molecule has 0 unspecified atom stereocenters. The Labute approximate surface area is 189 Å². The summed E-state index contributed by atoms with van der Waals surface area (Å²) in [5.74, 6) is 1.59. The Morgan fingerprint density at radius 2 is 1.91 bits per heavy atom. The summed E-state index contributed by atoms with van der Waals surface area (Å²) in [5.41, 5.74) is 0.993. The fourth-order valence-corrected chi connectivity index (χ4v) is 3.22. The molecule has 0 atom stereocenters. The number of benzene rings is 1. The highest BCUT2D eigenvalue weighted by atomic mass is 16.5. The number of hydrogen-bond acceptors (Lipinski definition) is 7. The standard InChI is InChI=1S/C23H23N5O5/c1-4-31-18-9-8-15(12-19(18)32-5-2)22(30)25-20-13-16(17-7-6-10-33-17)27-28(20)23-24-14(3)11-21(29)26-23/h6-13H,4-5H2,1-3H3,(H,25,30)(H,24,26,29). The summed E-state index contributed by atoms with van der Waals surface area (Å²) in [4.78, 5) is 32.1. The Morgan fingerprint density at radius 1 is 1.12 bits per heavy atom. The second kappa shape index (κ2) is 9.43. The van der Waals surface area contributed by atoms with Crippen molar-refractivity contribution >= 4 is 11.7 Å². The third-order valence-electron chi connectivity index (χ3n) is 4.59. The van der Waals surface area contributed by atoms with Crippen molar-refractivity contribution in [3.63, 3.8) is 0 Å². The van der Waals surface area contributed by atoms with Crippen LogP contribution in [-0.2, 0) is 0 Å². The van der Waals surface area contributed by atoms with E-state index in [1.54, 1.807) is 43.3 Å². The Hall–Kier alpha value is -4.34. The number of carbonyl (C=O) groups excluding carboxylic acids is 1. The number of carbonyl (C=O) groups is 1. The van der Waals surface area contributed by atoms with Crippen molar-refractivity contribution in [2.45, 2.75) is 20.8 Å². The molecule has 170 valence electrons. The summed E-state index contributed by atoms with van der Waals surface area (Å²) in [7, 11) is 0. The van der Waals surface area contributed by atoms with Gasteiger partial charge in [-0.15, -0.1) is 0 Å². The van der Waals surface area contributed by atoms with E-state index < -0.39 is 5.91 Å². The topological polar surface area (TPSA) is 124 Å². The van der Waals surface area contributed by atoms with Crippen LogP contribution in [0.5, 0.6) is 11.5 Å². The lowest BCUT2D eigenvalue weighted by molar-refractivity contribution is 0.102. The van der Waals surface area contributed by atoms with Gasteiger partial charge in [-0.3, -0.25) is 14.6 Å². The molecule has 0 bridgehead atoms. The van der Waals surface area contributed by atoms with Crippen LogP contribution in [0.3, 0.4) is 0 Å². The molecule has 2 N–H and O–H groups in total. The van der Waals surface area contributed by atoms with Crippen molar-refractivity contribution in [2.24, 2.45) is 0 Å². The minimum Gasteiger partial charge on any atom is -0.490 e. The van der Waals surface area contributed by atoms with Crippen LogP contribution < -0.4 is 20.3 Å². The molecule has 10 heteroatoms. The van der Waals surface area contributed by atoms with Gasteiger partial charge in [0, 0.05) is 23.4 Å². The molecule has 0 saturated carbocycles. The first kappa shape index (κ1) is 21.9. The van der Waals surface area contributed by atoms with E-state index in [0.717, 1.165) is 0 Å². The normalized spacial score (nSPS) is 10.8. The number of furan rings is 1. The predicted octanol–water partition coefficient (Wildman–Crippen LogP) is 3.57. The molecule has 0 aliphatic heterocycles. The van der Waals surface area contributed by atoms with Crippen LogP contribution in [0.15, 0.2) is 57.9 Å². The summed E-state index contributed by atoms with van der Waals surface area (Å²) >= 11 is 0. The van der Waals surface area contributed by atoms with Gasteiger partial charge in [-0.05, 0) is 51.1 Å². The molecule has 33 heavy (non-hydrogen) atoms. The second-order valence-corrected chi connectivity index (χ2v) is 7.00. The maximum atomic E-state index is 13.1. The SMILES string of the molecule is CCOc1ccc(C(=O)Nc2cc(-c3ccco3)nn2-c2nc(C)cc(=O)[nH]2)cc1OCC. The van der Waals surface area contributed by atoms with Crippen molar-refractivity contribution < 1.29 is 18.7 Å². The zero-order valence-corrected chi connectivity index (χ0v) is 18.4. The van der Waals surface area contributed by atoms with Crippen molar-refractivity contribution in [3.8, 4) is 28.9 Å². The highest BCUT2D eigenvalue weighted by Gasteiger charge is 2.19. The van der Waals surface area contributed by atoms with Crippen molar-refractivity contribution in [1.82, 2.24) is 19.7 Å². The molecule has 3 heterocycles. The number of ether oxygens (including phenoxy) is 2. The van der Waals surface area contributed by atoms with Crippen LogP contribution >= 0.6 is 0 Å². The van der Waals surface area contributed by atoms with E-state index in [-0.39, 0.29) is 11.5 Å². The highest BCUT2D eigenvalue weighted by molar-refractivity contribution is 6.04. The molecule has 10 nitrogen and oxygen atoms in total. The highest BCUT2D eigenvalue weighted by Crippen LogP contribution is 2.29. The van der Waals surface area contributed by atoms with Crippen LogP contribution in [-0.4, -0.2) is 38.9 Å². The van der Waals surface area contributed by atoms with Gasteiger partial charge < -0.3 is 19.2 Å². The van der Waals surface area contributed by atoms with Gasteiger partial charge in [0.15, 0.2) is 17.3 Å². The van der Waals surface area contributed by atoms with Crippen LogP contribution in [0.2, 0.25) is 0 Å². The number of amides is 1. The van der Waals surface area contributed by atoms with E-state index in [9.17, 15) is 9.59 Å². The number of rotatable bonds is 8. The minimum absolute atomic E-state index is 0.162. The first-order chi connectivity index (χ1) is 16.0. The van der Waals surface area contributed by atoms with Gasteiger partial charge in [0.05, 0.1) is 19.5 Å². The number of nitrogens with zero attached hydrogens (tertiary/aromatic N) is 3. The molecule has 1 amide bonds. The maximum absolute atomic E-state index is 13.1. The van der Waals surface area contributed by atoms with Gasteiger partial charge in [-0.25, -0.2) is 4.98 Å². The summed E-state index contributed by atoms with van der Waals surface area (Å²) in [5, 5.41) is 7.30. The van der Waals surface area contributed by atoms with E-state index >= 15 is 0 Å². The molecule has 0 aliphatic rings. The molecular formula is C23H23N5O5. The Kier molecular flexibility index (Phi) is 6.25. The van der Waals surface area contributed by atoms with Crippen molar-refractivity contribution in [3.05, 3.63) is 70.3 Å². The summed E-state index contributed by atoms with van der Waals surface area (Å²) in [6.45, 7) is 6.33. The summed E-state index contributed by atoms with van der Waals surface area (Å²) in [6.07, 6.45) is 1.52. The lowest BCUT2D eigenvalue weighted by Crippen LogP contribution is -2.19. The smallest absolute Gasteiger partial charge is 0.256 e. The quantitative estimate of drug-likeness (QED) is 0.421. The minimum atomic E-state index is -0.402. The van der Waals surface area contributed by atoms with Crippen LogP contribution in [0.4, 0.5) is 5.82 Å². The second-order valence-electron chi connectivity index (χ2n) is 7.00. The van der Waals surface area contributed by atoms with Crippen LogP contribution in [0, 0.1) is 6.92 Å². The molecular weight excluding hydrogens is 426 g/mol. The molecule has 0 fully saturated rings. The number of anilines is 1. The number of aromatic nitrogens is 4. The molecule has 4 rings (SSSR count). The first-order valence-electron chi connectivity index (χ1n) is 10.4. The van der Waals surface area contributed by atoms with Gasteiger partial charge in [0.1, 0.15) is 11.5 Å². The molecule has 0 saturated heterocycles. The largest absolute Gasteiger partial charge is 0.490 e. The van der Waals surface area contributed by atoms with Gasteiger partial charge in [0.25, 0.3) is 11.5 Å². The summed E-state index contributed by atoms with van der Waals surface area (Å²) in [6, 6.07) is 11.4. The molecule has 4 aromatic rings. The maximum Gasteiger partial charge on any atom is 0.256 e. The van der Waals surface area contributed by atoms with Gasteiger partial charge in [-0.2, -0.15) is 9.78 Å². The zero-order valence-electron chi connectivity index (χ0n) is 18.4. The lowest BCUT2D eigenvalue weighted by atomic mass is 10.2. The predicted molar refractivity (Wildman–Crippen MR) is 121 cm³/mol. The van der Waals surface area contributed by atoms with Crippen LogP contribution in [0.25, 0.3) is 17.4 Å². The Bertz CT molecular complexity index is 1320. The molecule has 0 radical (unpaired) electrons. The molecule has 0 spiro atoms. The number of hydrogen-bond donors (Lipinski definition) is 2. The third-order valence-corrected chi connectivity index (χ3v) is 4.59. The average molecular weight is 449 g/mol. The molecule has 1 aromatic carbocycles. The Balaban J connectivity index is 1.72. The van der Waals surface area contributed by atoms with Crippen molar-refractivity contribution in [2.75, 3.05) is 18.5 Å². The van der Waals surface area contributed by atoms with Crippen LogP contribution in [0.1, 0.15) is 29.9 Å². The lowest BCUT2D eigenvalue weighted by Gasteiger charge is -2.13. The van der Waals surface area contributed by atoms with Gasteiger partial charge in [-0.1, -0.05) is 0 Å². The van der Waals surface area contributed by atoms with E-state index in [0.29, 0.717) is 53.2 Å². The number of nitrogens with one attached hydrogen (secondary N) is 2. The number of H-pyrrole nitrogens is 1. The average Bonchev–Trinajstić information content (AvgIpc) is 3.44. The number of aromatic amines is 1. The van der Waals surface area contributed by atoms with E-state index in [1.165, 1.54) is 17.0 Å². The monoisotopic (exact) mass is 449 g/mol. The third kappa shape index (κ3) is 4.79. The molecule has 3 aromatic heterocycles. The van der Waals surface area contributed by atoms with Crippen molar-refractivity contribution in [1.29, 1.82) is 0 Å². The Morgan fingerprint density at radius 3 is 2.61 bits per heavy atom. The fourth-order valence-electron chi connectivity index (χ4n) is 3.22. The first-order valence-corrected chi connectivity index (χ1v) is 10.4. The van der Waals surface area contributed by atoms with E-state index in [4.69, 9.17) is 13.9 Å².